The van der Waals surface area contributed by atoms with Gasteiger partial charge in [0.1, 0.15) is 0 Å². The van der Waals surface area contributed by atoms with Gasteiger partial charge < -0.3 is 5.32 Å². The Morgan fingerprint density at radius 1 is 1.04 bits per heavy atom. The Labute approximate surface area is 162 Å². The van der Waals surface area contributed by atoms with Crippen LogP contribution in [0.15, 0.2) is 42.5 Å². The van der Waals surface area contributed by atoms with Crippen molar-refractivity contribution in [2.45, 2.75) is 40.0 Å². The molecule has 6 heteroatoms. The van der Waals surface area contributed by atoms with E-state index in [-0.39, 0.29) is 24.8 Å². The average molecular weight is 389 g/mol. The van der Waals surface area contributed by atoms with Gasteiger partial charge in [0, 0.05) is 18.7 Å². The summed E-state index contributed by atoms with van der Waals surface area (Å²) in [7, 11) is -3.49. The monoisotopic (exact) mass is 388 g/mol. The fourth-order valence-electron chi connectivity index (χ4n) is 3.06. The average Bonchev–Trinajstić information content (AvgIpc) is 2.57. The molecule has 0 atom stereocenters. The van der Waals surface area contributed by atoms with Crippen molar-refractivity contribution in [1.29, 1.82) is 0 Å². The molecule has 0 fully saturated rings. The predicted octanol–water partition coefficient (Wildman–Crippen LogP) is 4.22. The van der Waals surface area contributed by atoms with Crippen molar-refractivity contribution in [3.05, 3.63) is 59.2 Å². The molecule has 27 heavy (non-hydrogen) atoms. The van der Waals surface area contributed by atoms with Crippen molar-refractivity contribution >= 4 is 27.3 Å². The highest BCUT2D eigenvalue weighted by molar-refractivity contribution is 7.92. The van der Waals surface area contributed by atoms with Crippen molar-refractivity contribution in [3.8, 4) is 0 Å². The quantitative estimate of drug-likeness (QED) is 0.772. The topological polar surface area (TPSA) is 66.5 Å². The van der Waals surface area contributed by atoms with Gasteiger partial charge in [0.15, 0.2) is 0 Å². The van der Waals surface area contributed by atoms with E-state index in [4.69, 9.17) is 0 Å². The van der Waals surface area contributed by atoms with E-state index in [0.29, 0.717) is 5.69 Å². The minimum Gasteiger partial charge on any atom is -0.326 e. The first-order chi connectivity index (χ1) is 12.6. The van der Waals surface area contributed by atoms with E-state index in [1.165, 1.54) is 4.31 Å². The van der Waals surface area contributed by atoms with E-state index in [9.17, 15) is 13.2 Å². The third kappa shape index (κ3) is 5.32. The fourth-order valence-corrected chi connectivity index (χ4v) is 4.04. The smallest absolute Gasteiger partial charge is 0.232 e. The molecule has 5 nitrogen and oxygen atoms in total. The molecule has 0 bridgehead atoms. The van der Waals surface area contributed by atoms with E-state index < -0.39 is 10.0 Å². The largest absolute Gasteiger partial charge is 0.326 e. The van der Waals surface area contributed by atoms with Gasteiger partial charge in [0.25, 0.3) is 0 Å². The first kappa shape index (κ1) is 21.0. The lowest BCUT2D eigenvalue weighted by atomic mass is 9.98. The maximum atomic E-state index is 12.6. The maximum Gasteiger partial charge on any atom is 0.232 e. The van der Waals surface area contributed by atoms with E-state index in [2.05, 4.69) is 19.2 Å². The van der Waals surface area contributed by atoms with Crippen molar-refractivity contribution in [1.82, 2.24) is 0 Å². The van der Waals surface area contributed by atoms with Crippen LogP contribution in [0.5, 0.6) is 0 Å². The van der Waals surface area contributed by atoms with Crippen LogP contribution in [0.1, 0.15) is 42.9 Å². The molecular formula is C21H28N2O3S. The number of hydrogen-bond donors (Lipinski definition) is 1. The predicted molar refractivity (Wildman–Crippen MR) is 112 cm³/mol. The molecule has 1 amide bonds. The Bertz CT molecular complexity index is 921. The molecule has 0 radical (unpaired) electrons. The first-order valence-electron chi connectivity index (χ1n) is 9.04. The number of hydrogen-bond acceptors (Lipinski definition) is 3. The highest BCUT2D eigenvalue weighted by Gasteiger charge is 2.20. The number of aryl methyl sites for hydroxylation is 2. The normalized spacial score (nSPS) is 11.5. The Morgan fingerprint density at radius 2 is 1.67 bits per heavy atom. The fraction of sp³-hybridized carbons (Fsp3) is 0.381. The molecule has 0 saturated carbocycles. The van der Waals surface area contributed by atoms with E-state index in [1.54, 1.807) is 12.1 Å². The third-order valence-corrected chi connectivity index (χ3v) is 5.70. The van der Waals surface area contributed by atoms with Crippen molar-refractivity contribution in [2.24, 2.45) is 0 Å². The van der Waals surface area contributed by atoms with Crippen LogP contribution in [0.25, 0.3) is 0 Å². The summed E-state index contributed by atoms with van der Waals surface area (Å²) in [4.78, 5) is 12.6. The number of amides is 1. The van der Waals surface area contributed by atoms with E-state index in [0.717, 1.165) is 28.6 Å². The molecule has 1 N–H and O–H groups in total. The highest BCUT2D eigenvalue weighted by Crippen LogP contribution is 2.28. The lowest BCUT2D eigenvalue weighted by molar-refractivity contribution is -0.116. The summed E-state index contributed by atoms with van der Waals surface area (Å²) in [6.07, 6.45) is 1.24. The zero-order chi connectivity index (χ0) is 20.2. The summed E-state index contributed by atoms with van der Waals surface area (Å²) in [5, 5.41) is 2.97. The second-order valence-electron chi connectivity index (χ2n) is 7.11. The number of rotatable bonds is 7. The first-order valence-corrected chi connectivity index (χ1v) is 10.9. The number of nitrogens with one attached hydrogen (secondary N) is 1. The third-order valence-electron chi connectivity index (χ3n) is 4.52. The maximum absolute atomic E-state index is 12.6. The van der Waals surface area contributed by atoms with Crippen LogP contribution in [-0.2, 0) is 14.8 Å². The molecular weight excluding hydrogens is 360 g/mol. The number of carbonyl (C=O) groups excluding carboxylic acids is 1. The molecule has 0 aromatic heterocycles. The summed E-state index contributed by atoms with van der Waals surface area (Å²) >= 11 is 0. The molecule has 0 aliphatic rings. The van der Waals surface area contributed by atoms with Crippen molar-refractivity contribution in [2.75, 3.05) is 22.4 Å². The summed E-state index contributed by atoms with van der Waals surface area (Å²) in [6, 6.07) is 13.2. The number of benzene rings is 2. The molecule has 146 valence electrons. The zero-order valence-corrected chi connectivity index (χ0v) is 17.4. The van der Waals surface area contributed by atoms with Crippen LogP contribution in [0, 0.1) is 13.8 Å². The second-order valence-corrected chi connectivity index (χ2v) is 9.02. The minimum atomic E-state index is -3.49. The van der Waals surface area contributed by atoms with E-state index >= 15 is 0 Å². The lowest BCUT2D eigenvalue weighted by Gasteiger charge is -2.24. The van der Waals surface area contributed by atoms with Crippen LogP contribution in [-0.4, -0.2) is 27.1 Å². The van der Waals surface area contributed by atoms with E-state index in [1.807, 2.05) is 44.2 Å². The summed E-state index contributed by atoms with van der Waals surface area (Å²) in [5.41, 5.74) is 4.34. The Balaban J connectivity index is 2.18. The molecule has 2 aromatic rings. The Hall–Kier alpha value is -2.34. The van der Waals surface area contributed by atoms with Gasteiger partial charge in [-0.05, 0) is 42.5 Å². The summed E-state index contributed by atoms with van der Waals surface area (Å²) < 4.78 is 25.8. The molecule has 0 saturated heterocycles. The molecule has 0 unspecified atom stereocenters. The molecule has 2 rings (SSSR count). The van der Waals surface area contributed by atoms with Gasteiger partial charge in [-0.15, -0.1) is 0 Å². The molecule has 0 spiro atoms. The summed E-state index contributed by atoms with van der Waals surface area (Å²) in [6.45, 7) is 8.06. The van der Waals surface area contributed by atoms with Crippen LogP contribution >= 0.6 is 0 Å². The van der Waals surface area contributed by atoms with Gasteiger partial charge in [-0.1, -0.05) is 50.2 Å². The van der Waals surface area contributed by atoms with Crippen LogP contribution < -0.4 is 9.62 Å². The van der Waals surface area contributed by atoms with Gasteiger partial charge >= 0.3 is 0 Å². The molecule has 0 aliphatic heterocycles. The Morgan fingerprint density at radius 3 is 2.26 bits per heavy atom. The van der Waals surface area contributed by atoms with Gasteiger partial charge in [0.2, 0.25) is 15.9 Å². The number of para-hydroxylation sites is 2. The highest BCUT2D eigenvalue weighted by atomic mass is 32.2. The van der Waals surface area contributed by atoms with Gasteiger partial charge in [-0.2, -0.15) is 0 Å². The minimum absolute atomic E-state index is 0.0767. The van der Waals surface area contributed by atoms with Crippen LogP contribution in [0.4, 0.5) is 11.4 Å². The van der Waals surface area contributed by atoms with Crippen molar-refractivity contribution < 1.29 is 13.2 Å². The van der Waals surface area contributed by atoms with Crippen molar-refractivity contribution in [3.63, 3.8) is 0 Å². The van der Waals surface area contributed by atoms with Gasteiger partial charge in [0.05, 0.1) is 11.9 Å². The van der Waals surface area contributed by atoms with Crippen LogP contribution in [0.2, 0.25) is 0 Å². The summed E-state index contributed by atoms with van der Waals surface area (Å²) in [5.74, 6) is 0.0770. The number of sulfonamides is 1. The Kier molecular flexibility index (Phi) is 6.65. The number of anilines is 2. The molecule has 0 aliphatic carbocycles. The lowest BCUT2D eigenvalue weighted by Crippen LogP contribution is -2.33. The molecule has 2 aromatic carbocycles. The second kappa shape index (κ2) is 8.57. The SMILES string of the molecule is Cc1ccccc1N(CCC(=O)Nc1c(C)cccc1C(C)C)S(C)(=O)=O. The van der Waals surface area contributed by atoms with Crippen LogP contribution in [0.3, 0.4) is 0 Å². The van der Waals surface area contributed by atoms with Gasteiger partial charge in [-0.3, -0.25) is 9.10 Å². The number of nitrogens with zero attached hydrogens (tertiary/aromatic N) is 1. The molecule has 0 heterocycles. The van der Waals surface area contributed by atoms with Gasteiger partial charge in [-0.25, -0.2) is 8.42 Å². The number of carbonyl (C=O) groups is 1. The zero-order valence-electron chi connectivity index (χ0n) is 16.6. The standard InChI is InChI=1S/C21H28N2O3S/c1-15(2)18-11-8-10-17(4)21(18)22-20(24)13-14-23(27(5,25)26)19-12-7-6-9-16(19)3/h6-12,15H,13-14H2,1-5H3,(H,22,24).